The summed E-state index contributed by atoms with van der Waals surface area (Å²) in [7, 11) is 0. The molecule has 0 N–H and O–H groups in total. The number of carbonyl (C=O) groups excluding carboxylic acids is 1. The van der Waals surface area contributed by atoms with Crippen molar-refractivity contribution < 1.29 is 22.4 Å². The number of Topliss-reactive ketones (excluding diaryl/α,β-unsaturated/α-hetero) is 1. The number of rotatable bonds is 3. The molecule has 0 aliphatic carbocycles. The SMILES string of the molecule is CCC(=O)c1ccc(-c2ccc(C(F)(F)F)cc2Cl)o1. The summed E-state index contributed by atoms with van der Waals surface area (Å²) in [5, 5.41) is -0.0790. The molecular formula is C14H10ClF3O2. The molecule has 1 aromatic heterocycles. The Morgan fingerprint density at radius 3 is 2.50 bits per heavy atom. The Morgan fingerprint density at radius 1 is 1.25 bits per heavy atom. The fraction of sp³-hybridized carbons (Fsp3) is 0.214. The summed E-state index contributed by atoms with van der Waals surface area (Å²) in [4.78, 5) is 11.5. The Morgan fingerprint density at radius 2 is 1.95 bits per heavy atom. The molecule has 106 valence electrons. The molecule has 0 unspecified atom stereocenters. The number of carbonyl (C=O) groups is 1. The first-order valence-electron chi connectivity index (χ1n) is 5.83. The van der Waals surface area contributed by atoms with E-state index in [1.54, 1.807) is 6.92 Å². The van der Waals surface area contributed by atoms with Crippen molar-refractivity contribution in [2.24, 2.45) is 0 Å². The maximum atomic E-state index is 12.5. The predicted octanol–water partition coefficient (Wildman–Crippen LogP) is 5.21. The van der Waals surface area contributed by atoms with Crippen LogP contribution in [0, 0.1) is 0 Å². The lowest BCUT2D eigenvalue weighted by Gasteiger charge is -2.08. The van der Waals surface area contributed by atoms with E-state index in [0.717, 1.165) is 12.1 Å². The number of ketones is 1. The molecule has 2 aromatic rings. The van der Waals surface area contributed by atoms with Gasteiger partial charge in [0.25, 0.3) is 0 Å². The minimum Gasteiger partial charge on any atom is -0.453 e. The molecule has 0 fully saturated rings. The van der Waals surface area contributed by atoms with Crippen LogP contribution in [0.5, 0.6) is 0 Å². The number of furan rings is 1. The van der Waals surface area contributed by atoms with Gasteiger partial charge in [0.2, 0.25) is 0 Å². The van der Waals surface area contributed by atoms with Crippen LogP contribution in [0.3, 0.4) is 0 Å². The Hall–Kier alpha value is -1.75. The number of hydrogen-bond acceptors (Lipinski definition) is 2. The van der Waals surface area contributed by atoms with Crippen molar-refractivity contribution in [1.82, 2.24) is 0 Å². The lowest BCUT2D eigenvalue weighted by atomic mass is 10.1. The second-order valence-corrected chi connectivity index (χ2v) is 4.54. The molecular weight excluding hydrogens is 293 g/mol. The number of halogens is 4. The monoisotopic (exact) mass is 302 g/mol. The van der Waals surface area contributed by atoms with Crippen LogP contribution in [0.2, 0.25) is 5.02 Å². The van der Waals surface area contributed by atoms with E-state index in [1.165, 1.54) is 18.2 Å². The third-order valence-electron chi connectivity index (χ3n) is 2.76. The first-order valence-corrected chi connectivity index (χ1v) is 6.21. The van der Waals surface area contributed by atoms with Gasteiger partial charge in [-0.15, -0.1) is 0 Å². The lowest BCUT2D eigenvalue weighted by molar-refractivity contribution is -0.137. The van der Waals surface area contributed by atoms with Crippen LogP contribution < -0.4 is 0 Å². The smallest absolute Gasteiger partial charge is 0.416 e. The predicted molar refractivity (Wildman–Crippen MR) is 68.8 cm³/mol. The highest BCUT2D eigenvalue weighted by Gasteiger charge is 2.31. The van der Waals surface area contributed by atoms with Crippen LogP contribution in [0.1, 0.15) is 29.5 Å². The first-order chi connectivity index (χ1) is 9.32. The number of benzene rings is 1. The molecule has 0 amide bonds. The van der Waals surface area contributed by atoms with Gasteiger partial charge in [0.15, 0.2) is 11.5 Å². The van der Waals surface area contributed by atoms with Gasteiger partial charge in [0, 0.05) is 12.0 Å². The Bertz CT molecular complexity index is 644. The molecule has 1 aromatic carbocycles. The largest absolute Gasteiger partial charge is 0.453 e. The van der Waals surface area contributed by atoms with Crippen molar-refractivity contribution >= 4 is 17.4 Å². The van der Waals surface area contributed by atoms with Crippen molar-refractivity contribution in [1.29, 1.82) is 0 Å². The minimum absolute atomic E-state index is 0.0790. The Balaban J connectivity index is 2.39. The molecule has 1 heterocycles. The van der Waals surface area contributed by atoms with E-state index in [4.69, 9.17) is 16.0 Å². The molecule has 0 saturated carbocycles. The van der Waals surface area contributed by atoms with Crippen molar-refractivity contribution in [3.05, 3.63) is 46.7 Å². The van der Waals surface area contributed by atoms with Crippen LogP contribution in [-0.4, -0.2) is 5.78 Å². The molecule has 20 heavy (non-hydrogen) atoms. The molecule has 0 radical (unpaired) electrons. The van der Waals surface area contributed by atoms with E-state index in [9.17, 15) is 18.0 Å². The second kappa shape index (κ2) is 5.32. The summed E-state index contributed by atoms with van der Waals surface area (Å²) in [6.45, 7) is 1.69. The summed E-state index contributed by atoms with van der Waals surface area (Å²) in [6.07, 6.45) is -4.16. The van der Waals surface area contributed by atoms with Gasteiger partial charge in [0.05, 0.1) is 10.6 Å². The van der Waals surface area contributed by atoms with E-state index in [1.807, 2.05) is 0 Å². The van der Waals surface area contributed by atoms with Gasteiger partial charge < -0.3 is 4.42 Å². The van der Waals surface area contributed by atoms with E-state index < -0.39 is 11.7 Å². The highest BCUT2D eigenvalue weighted by molar-refractivity contribution is 6.33. The molecule has 2 rings (SSSR count). The molecule has 6 heteroatoms. The average Bonchev–Trinajstić information content (AvgIpc) is 2.86. The molecule has 0 atom stereocenters. The molecule has 0 bridgehead atoms. The molecule has 2 nitrogen and oxygen atoms in total. The van der Waals surface area contributed by atoms with E-state index in [-0.39, 0.29) is 28.7 Å². The van der Waals surface area contributed by atoms with Gasteiger partial charge >= 0.3 is 6.18 Å². The normalized spacial score (nSPS) is 11.7. The van der Waals surface area contributed by atoms with Crippen LogP contribution in [0.4, 0.5) is 13.2 Å². The fourth-order valence-corrected chi connectivity index (χ4v) is 1.97. The van der Waals surface area contributed by atoms with Crippen LogP contribution in [-0.2, 0) is 6.18 Å². The zero-order valence-corrected chi connectivity index (χ0v) is 11.2. The molecule has 0 aliphatic rings. The molecule has 0 saturated heterocycles. The van der Waals surface area contributed by atoms with E-state index in [0.29, 0.717) is 5.56 Å². The van der Waals surface area contributed by atoms with Gasteiger partial charge in [-0.3, -0.25) is 4.79 Å². The first kappa shape index (κ1) is 14.7. The average molecular weight is 303 g/mol. The van der Waals surface area contributed by atoms with Crippen LogP contribution >= 0.6 is 11.6 Å². The highest BCUT2D eigenvalue weighted by Crippen LogP contribution is 2.36. The highest BCUT2D eigenvalue weighted by atomic mass is 35.5. The third kappa shape index (κ3) is 2.88. The third-order valence-corrected chi connectivity index (χ3v) is 3.08. The standard InChI is InChI=1S/C14H10ClF3O2/c1-2-11(19)13-6-5-12(20-13)9-4-3-8(7-10(9)15)14(16,17)18/h3-7H,2H2,1H3. The van der Waals surface area contributed by atoms with Crippen LogP contribution in [0.15, 0.2) is 34.7 Å². The Labute approximate surface area is 118 Å². The van der Waals surface area contributed by atoms with Gasteiger partial charge in [-0.2, -0.15) is 13.2 Å². The summed E-state index contributed by atoms with van der Waals surface area (Å²) >= 11 is 5.85. The Kier molecular flexibility index (Phi) is 3.90. The second-order valence-electron chi connectivity index (χ2n) is 4.13. The van der Waals surface area contributed by atoms with Crippen molar-refractivity contribution in [2.45, 2.75) is 19.5 Å². The van der Waals surface area contributed by atoms with E-state index >= 15 is 0 Å². The topological polar surface area (TPSA) is 30.2 Å². The van der Waals surface area contributed by atoms with Crippen molar-refractivity contribution in [3.63, 3.8) is 0 Å². The summed E-state index contributed by atoms with van der Waals surface area (Å²) < 4.78 is 42.9. The lowest BCUT2D eigenvalue weighted by Crippen LogP contribution is -2.04. The maximum absolute atomic E-state index is 12.5. The van der Waals surface area contributed by atoms with Crippen molar-refractivity contribution in [2.75, 3.05) is 0 Å². The van der Waals surface area contributed by atoms with E-state index in [2.05, 4.69) is 0 Å². The quantitative estimate of drug-likeness (QED) is 0.728. The summed E-state index contributed by atoms with van der Waals surface area (Å²) in [5.41, 5.74) is -0.516. The zero-order chi connectivity index (χ0) is 14.9. The zero-order valence-electron chi connectivity index (χ0n) is 10.4. The van der Waals surface area contributed by atoms with Crippen LogP contribution in [0.25, 0.3) is 11.3 Å². The van der Waals surface area contributed by atoms with Gasteiger partial charge in [0.1, 0.15) is 5.76 Å². The minimum atomic E-state index is -4.45. The van der Waals surface area contributed by atoms with Crippen molar-refractivity contribution in [3.8, 4) is 11.3 Å². The maximum Gasteiger partial charge on any atom is 0.416 e. The van der Waals surface area contributed by atoms with Gasteiger partial charge in [-0.05, 0) is 30.3 Å². The summed E-state index contributed by atoms with van der Waals surface area (Å²) in [5.74, 6) is 0.248. The molecule has 0 aliphatic heterocycles. The number of alkyl halides is 3. The molecule has 0 spiro atoms. The van der Waals surface area contributed by atoms with Gasteiger partial charge in [-0.25, -0.2) is 0 Å². The summed E-state index contributed by atoms with van der Waals surface area (Å²) in [6, 6.07) is 5.97. The van der Waals surface area contributed by atoms with Gasteiger partial charge in [-0.1, -0.05) is 18.5 Å². The fourth-order valence-electron chi connectivity index (χ4n) is 1.70. The number of hydrogen-bond donors (Lipinski definition) is 0.